The molecule has 0 spiro atoms. The summed E-state index contributed by atoms with van der Waals surface area (Å²) in [5.41, 5.74) is 5.14. The number of carbonyl (C=O) groups excluding carboxylic acids is 1. The third-order valence-electron chi connectivity index (χ3n) is 3.99. The number of nitrogens with two attached hydrogens (primary N) is 1. The smallest absolute Gasteiger partial charge is 0.217 e. The minimum atomic E-state index is -0.260. The van der Waals surface area contributed by atoms with Gasteiger partial charge in [-0.1, -0.05) is 77.6 Å². The lowest BCUT2D eigenvalue weighted by molar-refractivity contribution is -0.118. The molecule has 0 saturated carbocycles. The molecule has 0 aliphatic heterocycles. The van der Waals surface area contributed by atoms with Gasteiger partial charge in [-0.2, -0.15) is 0 Å². The van der Waals surface area contributed by atoms with E-state index in [1.54, 1.807) is 0 Å². The minimum Gasteiger partial charge on any atom is -0.370 e. The lowest BCUT2D eigenvalue weighted by atomic mass is 10.0. The molecule has 0 radical (unpaired) electrons. The zero-order valence-corrected chi connectivity index (χ0v) is 14.7. The van der Waals surface area contributed by atoms with Crippen molar-refractivity contribution >= 4 is 18.8 Å². The Bertz CT molecular complexity index is 237. The summed E-state index contributed by atoms with van der Waals surface area (Å²) < 4.78 is 5.08. The number of rotatable bonds is 16. The van der Waals surface area contributed by atoms with Crippen molar-refractivity contribution in [3.63, 3.8) is 0 Å². The van der Waals surface area contributed by atoms with Crippen molar-refractivity contribution in [3.8, 4) is 0 Å². The van der Waals surface area contributed by atoms with E-state index >= 15 is 0 Å². The van der Waals surface area contributed by atoms with Crippen molar-refractivity contribution in [2.45, 2.75) is 103 Å². The fourth-order valence-electron chi connectivity index (χ4n) is 2.59. The van der Waals surface area contributed by atoms with Gasteiger partial charge in [-0.25, -0.2) is 0 Å². The van der Waals surface area contributed by atoms with E-state index < -0.39 is 0 Å². The first-order valence-electron chi connectivity index (χ1n) is 8.79. The van der Waals surface area contributed by atoms with Gasteiger partial charge in [0.05, 0.1) is 6.10 Å². The van der Waals surface area contributed by atoms with Crippen LogP contribution in [-0.4, -0.2) is 12.0 Å². The van der Waals surface area contributed by atoms with Crippen molar-refractivity contribution in [3.05, 3.63) is 0 Å². The molecule has 0 bridgehead atoms. The molecule has 1 amide bonds. The Morgan fingerprint density at radius 1 is 0.905 bits per heavy atom. The second-order valence-electron chi connectivity index (χ2n) is 6.06. The van der Waals surface area contributed by atoms with Crippen molar-refractivity contribution < 1.29 is 8.98 Å². The fourth-order valence-corrected chi connectivity index (χ4v) is 2.80. The third kappa shape index (κ3) is 16.0. The maximum absolute atomic E-state index is 10.7. The van der Waals surface area contributed by atoms with Crippen LogP contribution in [0, 0.1) is 0 Å². The largest absolute Gasteiger partial charge is 0.370 e. The van der Waals surface area contributed by atoms with Gasteiger partial charge in [0, 0.05) is 6.42 Å². The number of carbonyl (C=O) groups is 1. The van der Waals surface area contributed by atoms with Gasteiger partial charge in [-0.3, -0.25) is 4.79 Å². The maximum atomic E-state index is 10.7. The van der Waals surface area contributed by atoms with Crippen LogP contribution in [0.25, 0.3) is 0 Å². The number of amides is 1. The first kappa shape index (κ1) is 20.8. The molecule has 3 nitrogen and oxygen atoms in total. The predicted octanol–water partition coefficient (Wildman–Crippen LogP) is 5.18. The number of primary amides is 1. The number of thiol groups is 1. The van der Waals surface area contributed by atoms with Crippen LogP contribution in [0.1, 0.15) is 96.8 Å². The molecule has 0 rings (SSSR count). The maximum Gasteiger partial charge on any atom is 0.217 e. The van der Waals surface area contributed by atoms with Crippen LogP contribution >= 0.6 is 12.9 Å². The first-order valence-corrected chi connectivity index (χ1v) is 9.15. The van der Waals surface area contributed by atoms with Gasteiger partial charge in [-0.05, 0) is 25.8 Å². The molecular formula is C17H35NO2S. The average Bonchev–Trinajstić information content (AvgIpc) is 2.47. The van der Waals surface area contributed by atoms with Crippen LogP contribution in [-0.2, 0) is 8.98 Å². The summed E-state index contributed by atoms with van der Waals surface area (Å²) in [6, 6.07) is 0. The van der Waals surface area contributed by atoms with Crippen LogP contribution in [0.2, 0.25) is 0 Å². The molecular weight excluding hydrogens is 282 g/mol. The Hall–Kier alpha value is -0.220. The summed E-state index contributed by atoms with van der Waals surface area (Å²) in [6.45, 7) is 2.26. The second kappa shape index (κ2) is 16.2. The molecule has 1 atom stereocenters. The quantitative estimate of drug-likeness (QED) is 0.234. The van der Waals surface area contributed by atoms with E-state index in [2.05, 4.69) is 19.8 Å². The molecule has 0 saturated heterocycles. The first-order chi connectivity index (χ1) is 10.2. The highest BCUT2D eigenvalue weighted by molar-refractivity contribution is 7.75. The van der Waals surface area contributed by atoms with Crippen molar-refractivity contribution in [1.29, 1.82) is 0 Å². The molecule has 0 aliphatic carbocycles. The highest BCUT2D eigenvalue weighted by Crippen LogP contribution is 2.16. The van der Waals surface area contributed by atoms with E-state index in [0.717, 1.165) is 12.8 Å². The monoisotopic (exact) mass is 317 g/mol. The number of unbranched alkanes of at least 4 members (excludes halogenated alkanes) is 10. The molecule has 0 fully saturated rings. The number of hydrogen-bond donors (Lipinski definition) is 2. The summed E-state index contributed by atoms with van der Waals surface area (Å²) in [5.74, 6) is -0.260. The van der Waals surface area contributed by atoms with Crippen LogP contribution < -0.4 is 5.73 Å². The molecule has 2 N–H and O–H groups in total. The van der Waals surface area contributed by atoms with Crippen LogP contribution in [0.4, 0.5) is 0 Å². The average molecular weight is 318 g/mol. The van der Waals surface area contributed by atoms with Crippen LogP contribution in [0.15, 0.2) is 0 Å². The summed E-state index contributed by atoms with van der Waals surface area (Å²) in [5, 5.41) is 0. The Morgan fingerprint density at radius 2 is 1.38 bits per heavy atom. The fraction of sp³-hybridized carbons (Fsp3) is 0.941. The van der Waals surface area contributed by atoms with Crippen molar-refractivity contribution in [1.82, 2.24) is 0 Å². The van der Waals surface area contributed by atoms with E-state index in [9.17, 15) is 4.79 Å². The molecule has 0 heterocycles. The molecule has 1 unspecified atom stereocenters. The van der Waals surface area contributed by atoms with Crippen LogP contribution in [0.5, 0.6) is 0 Å². The number of hydrogen-bond acceptors (Lipinski definition) is 3. The molecule has 21 heavy (non-hydrogen) atoms. The normalized spacial score (nSPS) is 12.5. The highest BCUT2D eigenvalue weighted by atomic mass is 32.1. The second-order valence-corrected chi connectivity index (χ2v) is 6.27. The standard InChI is InChI=1S/C17H35NO2S/c1-2-3-4-5-6-7-8-9-10-11-12-13-16(20-21)14-15-17(18)19/h16,21H,2-15H2,1H3,(H2,18,19). The van der Waals surface area contributed by atoms with Gasteiger partial charge in [0.1, 0.15) is 0 Å². The Balaban J connectivity index is 3.24. The summed E-state index contributed by atoms with van der Waals surface area (Å²) >= 11 is 3.87. The van der Waals surface area contributed by atoms with Gasteiger partial charge >= 0.3 is 0 Å². The lowest BCUT2D eigenvalue weighted by Gasteiger charge is -2.12. The Morgan fingerprint density at radius 3 is 1.81 bits per heavy atom. The third-order valence-corrected chi connectivity index (χ3v) is 4.29. The molecule has 0 aliphatic rings. The zero-order chi connectivity index (χ0) is 15.8. The van der Waals surface area contributed by atoms with Crippen LogP contribution in [0.3, 0.4) is 0 Å². The lowest BCUT2D eigenvalue weighted by Crippen LogP contribution is -2.16. The topological polar surface area (TPSA) is 52.3 Å². The highest BCUT2D eigenvalue weighted by Gasteiger charge is 2.09. The SMILES string of the molecule is CCCCCCCCCCCCCC(CCC(N)=O)OS. The van der Waals surface area contributed by atoms with E-state index in [1.807, 2.05) is 0 Å². The van der Waals surface area contributed by atoms with Gasteiger partial charge in [0.15, 0.2) is 0 Å². The van der Waals surface area contributed by atoms with Gasteiger partial charge in [-0.15, -0.1) is 0 Å². The van der Waals surface area contributed by atoms with Crippen molar-refractivity contribution in [2.24, 2.45) is 5.73 Å². The minimum absolute atomic E-state index is 0.0689. The van der Waals surface area contributed by atoms with Gasteiger partial charge in [0.2, 0.25) is 5.91 Å². The molecule has 0 aromatic rings. The molecule has 0 aromatic carbocycles. The predicted molar refractivity (Wildman–Crippen MR) is 93.4 cm³/mol. The molecule has 0 aromatic heterocycles. The summed E-state index contributed by atoms with van der Waals surface area (Å²) in [6.07, 6.45) is 16.9. The molecule has 4 heteroatoms. The summed E-state index contributed by atoms with van der Waals surface area (Å²) in [7, 11) is 0. The Labute approximate surface area is 137 Å². The van der Waals surface area contributed by atoms with E-state index in [-0.39, 0.29) is 12.0 Å². The van der Waals surface area contributed by atoms with Gasteiger partial charge < -0.3 is 9.92 Å². The van der Waals surface area contributed by atoms with E-state index in [4.69, 9.17) is 9.92 Å². The van der Waals surface area contributed by atoms with Crippen molar-refractivity contribution in [2.75, 3.05) is 0 Å². The summed E-state index contributed by atoms with van der Waals surface area (Å²) in [4.78, 5) is 10.7. The van der Waals surface area contributed by atoms with E-state index in [0.29, 0.717) is 12.8 Å². The van der Waals surface area contributed by atoms with E-state index in [1.165, 1.54) is 64.2 Å². The Kier molecular flexibility index (Phi) is 16.0. The van der Waals surface area contributed by atoms with Gasteiger partial charge in [0.25, 0.3) is 0 Å². The zero-order valence-electron chi connectivity index (χ0n) is 13.8. The molecule has 126 valence electrons.